The van der Waals surface area contributed by atoms with E-state index in [4.69, 9.17) is 16.9 Å². The predicted molar refractivity (Wildman–Crippen MR) is 68.7 cm³/mol. The lowest BCUT2D eigenvalue weighted by Crippen LogP contribution is -2.06. The fourth-order valence-corrected chi connectivity index (χ4v) is 2.48. The molecule has 1 aromatic heterocycles. The van der Waals surface area contributed by atoms with Crippen molar-refractivity contribution in [2.24, 2.45) is 0 Å². The lowest BCUT2D eigenvalue weighted by molar-refractivity contribution is -0.141. The number of nitriles is 1. The minimum atomic E-state index is -4.58. The van der Waals surface area contributed by atoms with Gasteiger partial charge in [0.05, 0.1) is 15.7 Å². The Morgan fingerprint density at radius 1 is 1.26 bits per heavy atom. The third-order valence-electron chi connectivity index (χ3n) is 2.48. The highest BCUT2D eigenvalue weighted by atomic mass is 79.9. The molecule has 2 aromatic rings. The van der Waals surface area contributed by atoms with Crippen LogP contribution in [-0.4, -0.2) is 4.98 Å². The molecule has 0 spiro atoms. The van der Waals surface area contributed by atoms with Crippen LogP contribution in [0, 0.1) is 11.3 Å². The van der Waals surface area contributed by atoms with Crippen molar-refractivity contribution in [2.75, 3.05) is 0 Å². The van der Waals surface area contributed by atoms with E-state index in [1.54, 1.807) is 30.3 Å². The van der Waals surface area contributed by atoms with Gasteiger partial charge in [0.2, 0.25) is 0 Å². The third-order valence-corrected chi connectivity index (χ3v) is 3.60. The summed E-state index contributed by atoms with van der Waals surface area (Å²) < 4.78 is 38.1. The molecular formula is C12H5BrClF3N2. The van der Waals surface area contributed by atoms with Crippen LogP contribution in [0.25, 0.3) is 11.3 Å². The number of hydrogen-bond acceptors (Lipinski definition) is 1. The Hall–Kier alpha value is -1.45. The standard InChI is InChI=1S/C12H5BrClF3N2/c13-9-7(5-18)10(19-11(9)12(15,16)17)6-3-1-2-4-8(6)14/h1-4,19H. The number of alkyl halides is 3. The van der Waals surface area contributed by atoms with Gasteiger partial charge in [0.1, 0.15) is 11.8 Å². The second-order valence-electron chi connectivity index (χ2n) is 3.65. The molecule has 19 heavy (non-hydrogen) atoms. The maximum atomic E-state index is 12.8. The summed E-state index contributed by atoms with van der Waals surface area (Å²) in [4.78, 5) is 2.22. The van der Waals surface area contributed by atoms with E-state index in [9.17, 15) is 13.2 Å². The average molecular weight is 350 g/mol. The maximum absolute atomic E-state index is 12.8. The van der Waals surface area contributed by atoms with Crippen LogP contribution in [0.15, 0.2) is 28.7 Å². The number of hydrogen-bond donors (Lipinski definition) is 1. The summed E-state index contributed by atoms with van der Waals surface area (Å²) in [5.41, 5.74) is -0.733. The molecule has 2 nitrogen and oxygen atoms in total. The summed E-state index contributed by atoms with van der Waals surface area (Å²) in [6, 6.07) is 8.11. The largest absolute Gasteiger partial charge is 0.432 e. The number of rotatable bonds is 1. The van der Waals surface area contributed by atoms with Gasteiger partial charge in [-0.05, 0) is 22.0 Å². The van der Waals surface area contributed by atoms with Crippen LogP contribution in [0.1, 0.15) is 11.3 Å². The van der Waals surface area contributed by atoms with Crippen LogP contribution >= 0.6 is 27.5 Å². The molecule has 0 fully saturated rings. The van der Waals surface area contributed by atoms with E-state index in [0.29, 0.717) is 5.56 Å². The Bertz CT molecular complexity index is 671. The lowest BCUT2D eigenvalue weighted by atomic mass is 10.1. The molecule has 0 unspecified atom stereocenters. The van der Waals surface area contributed by atoms with Gasteiger partial charge in [0, 0.05) is 10.6 Å². The summed E-state index contributed by atoms with van der Waals surface area (Å²) in [6.07, 6.45) is -4.58. The Morgan fingerprint density at radius 2 is 1.89 bits per heavy atom. The molecule has 0 aliphatic carbocycles. The van der Waals surface area contributed by atoms with Crippen molar-refractivity contribution in [1.29, 1.82) is 5.26 Å². The fourth-order valence-electron chi connectivity index (χ4n) is 1.64. The highest BCUT2D eigenvalue weighted by Crippen LogP contribution is 2.41. The summed E-state index contributed by atoms with van der Waals surface area (Å²) >= 11 is 8.74. The smallest absolute Gasteiger partial charge is 0.349 e. The maximum Gasteiger partial charge on any atom is 0.432 e. The van der Waals surface area contributed by atoms with E-state index < -0.39 is 11.9 Å². The quantitative estimate of drug-likeness (QED) is 0.774. The topological polar surface area (TPSA) is 39.6 Å². The van der Waals surface area contributed by atoms with Gasteiger partial charge in [-0.15, -0.1) is 0 Å². The fraction of sp³-hybridized carbons (Fsp3) is 0.0833. The van der Waals surface area contributed by atoms with Gasteiger partial charge in [0.25, 0.3) is 0 Å². The van der Waals surface area contributed by atoms with Crippen molar-refractivity contribution in [2.45, 2.75) is 6.18 Å². The molecule has 0 radical (unpaired) electrons. The zero-order valence-corrected chi connectivity index (χ0v) is 11.5. The molecule has 0 amide bonds. The predicted octanol–water partition coefficient (Wildman–Crippen LogP) is 4.99. The van der Waals surface area contributed by atoms with Crippen molar-refractivity contribution < 1.29 is 13.2 Å². The van der Waals surface area contributed by atoms with Crippen molar-refractivity contribution in [3.8, 4) is 17.3 Å². The van der Waals surface area contributed by atoms with Gasteiger partial charge in [0.15, 0.2) is 0 Å². The molecule has 0 aliphatic rings. The van der Waals surface area contributed by atoms with Crippen LogP contribution in [0.2, 0.25) is 5.02 Å². The summed E-state index contributed by atoms with van der Waals surface area (Å²) in [6.45, 7) is 0. The molecule has 0 atom stereocenters. The summed E-state index contributed by atoms with van der Waals surface area (Å²) in [7, 11) is 0. The molecule has 0 saturated carbocycles. The van der Waals surface area contributed by atoms with E-state index in [2.05, 4.69) is 20.9 Å². The number of nitrogens with zero attached hydrogens (tertiary/aromatic N) is 1. The molecule has 0 aliphatic heterocycles. The first-order valence-electron chi connectivity index (χ1n) is 5.00. The molecule has 98 valence electrons. The first-order valence-corrected chi connectivity index (χ1v) is 6.17. The monoisotopic (exact) mass is 348 g/mol. The number of halogens is 5. The minimum Gasteiger partial charge on any atom is -0.349 e. The molecule has 1 heterocycles. The Morgan fingerprint density at radius 3 is 2.42 bits per heavy atom. The van der Waals surface area contributed by atoms with E-state index >= 15 is 0 Å². The van der Waals surface area contributed by atoms with Gasteiger partial charge in [-0.3, -0.25) is 0 Å². The first kappa shape index (κ1) is 14.0. The Labute approximate surface area is 119 Å². The third kappa shape index (κ3) is 2.48. The van der Waals surface area contributed by atoms with Crippen molar-refractivity contribution >= 4 is 27.5 Å². The van der Waals surface area contributed by atoms with Crippen LogP contribution in [0.4, 0.5) is 13.2 Å². The molecule has 0 bridgehead atoms. The number of benzene rings is 1. The zero-order chi connectivity index (χ0) is 14.2. The van der Waals surface area contributed by atoms with Gasteiger partial charge in [-0.2, -0.15) is 18.4 Å². The Kier molecular flexibility index (Phi) is 3.61. The first-order chi connectivity index (χ1) is 8.86. The molecule has 7 heteroatoms. The lowest BCUT2D eigenvalue weighted by Gasteiger charge is -2.04. The molecule has 1 aromatic carbocycles. The van der Waals surface area contributed by atoms with Crippen molar-refractivity contribution in [3.05, 3.63) is 45.0 Å². The highest BCUT2D eigenvalue weighted by molar-refractivity contribution is 9.10. The Balaban J connectivity index is 2.73. The van der Waals surface area contributed by atoms with E-state index in [-0.39, 0.29) is 20.8 Å². The van der Waals surface area contributed by atoms with Crippen LogP contribution < -0.4 is 0 Å². The molecule has 1 N–H and O–H groups in total. The number of aromatic amines is 1. The second-order valence-corrected chi connectivity index (χ2v) is 4.85. The van der Waals surface area contributed by atoms with Gasteiger partial charge in [-0.1, -0.05) is 29.8 Å². The molecule has 0 saturated heterocycles. The van der Waals surface area contributed by atoms with Crippen LogP contribution in [0.3, 0.4) is 0 Å². The van der Waals surface area contributed by atoms with E-state index in [0.717, 1.165) is 0 Å². The summed E-state index contributed by atoms with van der Waals surface area (Å²) in [5, 5.41) is 9.29. The van der Waals surface area contributed by atoms with Crippen molar-refractivity contribution in [3.63, 3.8) is 0 Å². The number of nitrogens with one attached hydrogen (secondary N) is 1. The van der Waals surface area contributed by atoms with Crippen molar-refractivity contribution in [1.82, 2.24) is 4.98 Å². The van der Waals surface area contributed by atoms with Gasteiger partial charge in [-0.25, -0.2) is 0 Å². The SMILES string of the molecule is N#Cc1c(-c2ccccc2Cl)[nH]c(C(F)(F)F)c1Br. The highest BCUT2D eigenvalue weighted by Gasteiger charge is 2.37. The summed E-state index contributed by atoms with van der Waals surface area (Å²) in [5.74, 6) is 0. The molecule has 2 rings (SSSR count). The van der Waals surface area contributed by atoms with E-state index in [1.165, 1.54) is 0 Å². The average Bonchev–Trinajstić information content (AvgIpc) is 2.66. The van der Waals surface area contributed by atoms with Crippen LogP contribution in [-0.2, 0) is 6.18 Å². The second kappa shape index (κ2) is 4.91. The van der Waals surface area contributed by atoms with Gasteiger partial charge >= 0.3 is 6.18 Å². The zero-order valence-electron chi connectivity index (χ0n) is 9.15. The van der Waals surface area contributed by atoms with Gasteiger partial charge < -0.3 is 4.98 Å². The van der Waals surface area contributed by atoms with Crippen LogP contribution in [0.5, 0.6) is 0 Å². The number of aromatic nitrogens is 1. The van der Waals surface area contributed by atoms with E-state index in [1.807, 2.05) is 0 Å². The molecular weight excluding hydrogens is 344 g/mol. The number of H-pyrrole nitrogens is 1. The minimum absolute atomic E-state index is 0.0484. The normalized spacial score (nSPS) is 11.4.